The van der Waals surface area contributed by atoms with Crippen molar-refractivity contribution in [2.75, 3.05) is 6.54 Å². The highest BCUT2D eigenvalue weighted by Crippen LogP contribution is 1.94. The molecule has 0 aromatic rings. The Kier molecular flexibility index (Phi) is 10.4. The first-order valence-electron chi connectivity index (χ1n) is 4.65. The SMILES string of the molecule is C=C(C)C(=O)O.CC(=CCCN=C=O)C(=O)O. The lowest BCUT2D eigenvalue weighted by atomic mass is 10.2. The number of rotatable bonds is 5. The summed E-state index contributed by atoms with van der Waals surface area (Å²) in [7, 11) is 0. The number of carboxylic acids is 2. The van der Waals surface area contributed by atoms with Crippen LogP contribution in [0.15, 0.2) is 28.8 Å². The van der Waals surface area contributed by atoms with Crippen molar-refractivity contribution in [3.05, 3.63) is 23.8 Å². The maximum absolute atomic E-state index is 10.2. The molecule has 0 saturated heterocycles. The van der Waals surface area contributed by atoms with Gasteiger partial charge in [-0.25, -0.2) is 19.4 Å². The molecule has 0 spiro atoms. The van der Waals surface area contributed by atoms with E-state index in [2.05, 4.69) is 11.6 Å². The summed E-state index contributed by atoms with van der Waals surface area (Å²) in [6.07, 6.45) is 3.35. The molecule has 0 amide bonds. The molecule has 0 rings (SSSR count). The number of carbonyl (C=O) groups excluding carboxylic acids is 1. The van der Waals surface area contributed by atoms with Crippen LogP contribution in [0.4, 0.5) is 0 Å². The predicted octanol–water partition coefficient (Wildman–Crippen LogP) is 1.39. The first-order chi connectivity index (χ1) is 7.82. The number of isocyanates is 1. The van der Waals surface area contributed by atoms with Crippen molar-refractivity contribution in [1.82, 2.24) is 0 Å². The molecule has 6 heteroatoms. The second-order valence-electron chi connectivity index (χ2n) is 3.04. The van der Waals surface area contributed by atoms with Gasteiger partial charge in [0.05, 0.1) is 6.54 Å². The van der Waals surface area contributed by atoms with Crippen LogP contribution in [0.3, 0.4) is 0 Å². The molecule has 0 unspecified atom stereocenters. The van der Waals surface area contributed by atoms with Gasteiger partial charge in [0, 0.05) is 11.1 Å². The number of aliphatic carboxylic acids is 2. The summed E-state index contributed by atoms with van der Waals surface area (Å²) in [5.41, 5.74) is 0.445. The van der Waals surface area contributed by atoms with E-state index in [-0.39, 0.29) is 11.1 Å². The summed E-state index contributed by atoms with van der Waals surface area (Å²) in [5.74, 6) is -1.88. The van der Waals surface area contributed by atoms with Crippen molar-refractivity contribution in [3.63, 3.8) is 0 Å². The van der Waals surface area contributed by atoms with Crippen LogP contribution in [-0.2, 0) is 14.4 Å². The van der Waals surface area contributed by atoms with E-state index in [9.17, 15) is 14.4 Å². The molecule has 0 atom stereocenters. The van der Waals surface area contributed by atoms with Crippen molar-refractivity contribution in [3.8, 4) is 0 Å². The largest absolute Gasteiger partial charge is 0.478 e. The number of aliphatic imine (C=N–C) groups is 1. The monoisotopic (exact) mass is 241 g/mol. The van der Waals surface area contributed by atoms with Crippen molar-refractivity contribution in [2.45, 2.75) is 20.3 Å². The molecular formula is C11H15NO5. The second-order valence-corrected chi connectivity index (χ2v) is 3.04. The Balaban J connectivity index is 0. The molecule has 2 N–H and O–H groups in total. The Bertz CT molecular complexity index is 352. The Hall–Kier alpha value is -2.20. The van der Waals surface area contributed by atoms with Gasteiger partial charge in [-0.1, -0.05) is 12.7 Å². The fourth-order valence-electron chi connectivity index (χ4n) is 0.479. The first kappa shape index (κ1) is 17.2. The van der Waals surface area contributed by atoms with Crippen LogP contribution in [0.5, 0.6) is 0 Å². The molecule has 0 radical (unpaired) electrons. The van der Waals surface area contributed by atoms with Crippen LogP contribution in [-0.4, -0.2) is 34.8 Å². The lowest BCUT2D eigenvalue weighted by molar-refractivity contribution is -0.133. The third kappa shape index (κ3) is 13.8. The van der Waals surface area contributed by atoms with Gasteiger partial charge >= 0.3 is 11.9 Å². The van der Waals surface area contributed by atoms with E-state index < -0.39 is 11.9 Å². The fourth-order valence-corrected chi connectivity index (χ4v) is 0.479. The average Bonchev–Trinajstić information content (AvgIpc) is 2.24. The zero-order valence-electron chi connectivity index (χ0n) is 9.77. The van der Waals surface area contributed by atoms with E-state index >= 15 is 0 Å². The molecular weight excluding hydrogens is 226 g/mol. The van der Waals surface area contributed by atoms with Gasteiger partial charge in [-0.2, -0.15) is 0 Å². The summed E-state index contributed by atoms with van der Waals surface area (Å²) in [6, 6.07) is 0. The second kappa shape index (κ2) is 10.3. The van der Waals surface area contributed by atoms with Crippen LogP contribution >= 0.6 is 0 Å². The van der Waals surface area contributed by atoms with Crippen LogP contribution in [0.25, 0.3) is 0 Å². The summed E-state index contributed by atoms with van der Waals surface area (Å²) in [4.78, 5) is 32.6. The van der Waals surface area contributed by atoms with Gasteiger partial charge in [0.25, 0.3) is 0 Å². The van der Waals surface area contributed by atoms with Gasteiger partial charge in [0.15, 0.2) is 0 Å². The quantitative estimate of drug-likeness (QED) is 0.327. The molecule has 0 aliphatic heterocycles. The van der Waals surface area contributed by atoms with Gasteiger partial charge in [-0.3, -0.25) is 0 Å². The van der Waals surface area contributed by atoms with Gasteiger partial charge < -0.3 is 10.2 Å². The highest BCUT2D eigenvalue weighted by molar-refractivity contribution is 5.85. The van der Waals surface area contributed by atoms with Crippen molar-refractivity contribution >= 4 is 18.0 Å². The number of nitrogens with zero attached hydrogens (tertiary/aromatic N) is 1. The third-order valence-electron chi connectivity index (χ3n) is 1.46. The maximum Gasteiger partial charge on any atom is 0.330 e. The molecule has 0 aliphatic rings. The van der Waals surface area contributed by atoms with Gasteiger partial charge in [-0.05, 0) is 20.3 Å². The van der Waals surface area contributed by atoms with Crippen molar-refractivity contribution in [1.29, 1.82) is 0 Å². The molecule has 0 fully saturated rings. The predicted molar refractivity (Wildman–Crippen MR) is 61.4 cm³/mol. The van der Waals surface area contributed by atoms with Gasteiger partial charge in [-0.15, -0.1) is 0 Å². The molecule has 0 saturated carbocycles. The smallest absolute Gasteiger partial charge is 0.330 e. The Labute approximate surface area is 99.0 Å². The maximum atomic E-state index is 10.2. The number of carbonyl (C=O) groups is 2. The summed E-state index contributed by atoms with van der Waals surface area (Å²) >= 11 is 0. The van der Waals surface area contributed by atoms with Crippen molar-refractivity contribution < 1.29 is 24.6 Å². The standard InChI is InChI=1S/C7H9NO3.C4H6O2/c1-6(7(10)11)3-2-4-8-5-9;1-3(2)4(5)6/h3H,2,4H2,1H3,(H,10,11);1H2,2H3,(H,5,6). The average molecular weight is 241 g/mol. The van der Waals surface area contributed by atoms with Gasteiger partial charge in [0.2, 0.25) is 6.08 Å². The van der Waals surface area contributed by atoms with E-state index in [1.54, 1.807) is 0 Å². The molecule has 17 heavy (non-hydrogen) atoms. The number of hydrogen-bond donors (Lipinski definition) is 2. The zero-order chi connectivity index (χ0) is 13.8. The lowest BCUT2D eigenvalue weighted by Crippen LogP contribution is -1.95. The van der Waals surface area contributed by atoms with E-state index in [1.807, 2.05) is 0 Å². The first-order valence-corrected chi connectivity index (χ1v) is 4.65. The summed E-state index contributed by atoms with van der Waals surface area (Å²) < 4.78 is 0. The number of hydrogen-bond acceptors (Lipinski definition) is 4. The summed E-state index contributed by atoms with van der Waals surface area (Å²) in [5, 5.41) is 16.3. The van der Waals surface area contributed by atoms with Crippen LogP contribution in [0.1, 0.15) is 20.3 Å². The van der Waals surface area contributed by atoms with E-state index in [0.29, 0.717) is 13.0 Å². The van der Waals surface area contributed by atoms with E-state index in [1.165, 1.54) is 26.0 Å². The Morgan fingerprint density at radius 1 is 1.29 bits per heavy atom. The Morgan fingerprint density at radius 2 is 1.76 bits per heavy atom. The molecule has 0 aromatic heterocycles. The highest BCUT2D eigenvalue weighted by Gasteiger charge is 1.96. The fraction of sp³-hybridized carbons (Fsp3) is 0.364. The molecule has 0 aliphatic carbocycles. The molecule has 0 heterocycles. The van der Waals surface area contributed by atoms with E-state index in [4.69, 9.17) is 10.2 Å². The molecule has 94 valence electrons. The zero-order valence-corrected chi connectivity index (χ0v) is 9.77. The normalized spacial score (nSPS) is 9.41. The highest BCUT2D eigenvalue weighted by atomic mass is 16.4. The topological polar surface area (TPSA) is 104 Å². The summed E-state index contributed by atoms with van der Waals surface area (Å²) in [6.45, 7) is 6.39. The minimum absolute atomic E-state index is 0.176. The van der Waals surface area contributed by atoms with Crippen LogP contribution < -0.4 is 0 Å². The molecule has 0 aromatic carbocycles. The minimum atomic E-state index is -0.944. The minimum Gasteiger partial charge on any atom is -0.478 e. The van der Waals surface area contributed by atoms with Crippen LogP contribution in [0, 0.1) is 0 Å². The lowest BCUT2D eigenvalue weighted by Gasteiger charge is -1.89. The van der Waals surface area contributed by atoms with Crippen LogP contribution in [0.2, 0.25) is 0 Å². The number of carboxylic acid groups (broad SMARTS) is 2. The van der Waals surface area contributed by atoms with Crippen molar-refractivity contribution in [2.24, 2.45) is 4.99 Å². The molecule has 0 bridgehead atoms. The third-order valence-corrected chi connectivity index (χ3v) is 1.46. The van der Waals surface area contributed by atoms with Gasteiger partial charge in [0.1, 0.15) is 0 Å². The molecule has 6 nitrogen and oxygen atoms in total. The van der Waals surface area contributed by atoms with E-state index in [0.717, 1.165) is 0 Å². The Morgan fingerprint density at radius 3 is 2.06 bits per heavy atom.